The summed E-state index contributed by atoms with van der Waals surface area (Å²) in [5.41, 5.74) is -1.10. The third-order valence-electron chi connectivity index (χ3n) is 3.99. The van der Waals surface area contributed by atoms with Gasteiger partial charge in [0, 0.05) is 12.5 Å². The Bertz CT molecular complexity index is 572. The molecular formula is C17H22F2O4. The number of esters is 1. The van der Waals surface area contributed by atoms with Gasteiger partial charge in [0.05, 0.1) is 12.7 Å². The Balaban J connectivity index is 2.76. The topological polar surface area (TPSA) is 63.6 Å². The van der Waals surface area contributed by atoms with Gasteiger partial charge in [-0.15, -0.1) is 0 Å². The van der Waals surface area contributed by atoms with Gasteiger partial charge in [-0.05, 0) is 30.4 Å². The minimum atomic E-state index is -1.37. The van der Waals surface area contributed by atoms with Crippen LogP contribution in [-0.2, 0) is 20.7 Å². The molecule has 4 nitrogen and oxygen atoms in total. The van der Waals surface area contributed by atoms with Crippen molar-refractivity contribution in [3.05, 3.63) is 35.4 Å². The fourth-order valence-electron chi connectivity index (χ4n) is 2.29. The highest BCUT2D eigenvalue weighted by Gasteiger charge is 2.34. The predicted molar refractivity (Wildman–Crippen MR) is 80.7 cm³/mol. The number of Topliss-reactive ketones (excluding diaryl/α,β-unsaturated/α-hetero) is 1. The van der Waals surface area contributed by atoms with Crippen molar-refractivity contribution in [1.82, 2.24) is 0 Å². The monoisotopic (exact) mass is 328 g/mol. The zero-order chi connectivity index (χ0) is 17.6. The first kappa shape index (κ1) is 19.2. The summed E-state index contributed by atoms with van der Waals surface area (Å²) in [6, 6.07) is 3.25. The molecule has 0 radical (unpaired) electrons. The minimum absolute atomic E-state index is 0.125. The van der Waals surface area contributed by atoms with E-state index in [4.69, 9.17) is 0 Å². The standard InChI is InChI=1S/C17H22F2O4/c1-11(2)17(22,10-14(20)9-16(21)23-3)7-6-12-4-5-13(18)8-15(12)19/h4-5,8,11,22H,6-7,9-10H2,1-3H3. The zero-order valence-electron chi connectivity index (χ0n) is 13.6. The van der Waals surface area contributed by atoms with Crippen LogP contribution >= 0.6 is 0 Å². The lowest BCUT2D eigenvalue weighted by Gasteiger charge is -2.31. The zero-order valence-corrected chi connectivity index (χ0v) is 13.6. The number of hydrogen-bond acceptors (Lipinski definition) is 4. The van der Waals surface area contributed by atoms with Crippen molar-refractivity contribution in [2.45, 2.75) is 45.1 Å². The average Bonchev–Trinajstić information content (AvgIpc) is 2.45. The van der Waals surface area contributed by atoms with E-state index in [1.165, 1.54) is 13.2 Å². The molecule has 0 aliphatic carbocycles. The molecule has 6 heteroatoms. The summed E-state index contributed by atoms with van der Waals surface area (Å²) < 4.78 is 31.0. The Labute approximate surface area is 134 Å². The van der Waals surface area contributed by atoms with Gasteiger partial charge in [0.1, 0.15) is 23.8 Å². The quantitative estimate of drug-likeness (QED) is 0.589. The largest absolute Gasteiger partial charge is 0.469 e. The van der Waals surface area contributed by atoms with Gasteiger partial charge in [0.15, 0.2) is 0 Å². The van der Waals surface area contributed by atoms with Crippen molar-refractivity contribution in [3.8, 4) is 0 Å². The number of methoxy groups -OCH3 is 1. The minimum Gasteiger partial charge on any atom is -0.469 e. The number of ether oxygens (including phenoxy) is 1. The van der Waals surface area contributed by atoms with E-state index in [9.17, 15) is 23.5 Å². The second-order valence-electron chi connectivity index (χ2n) is 5.96. The number of benzene rings is 1. The number of carbonyl (C=O) groups excluding carboxylic acids is 2. The lowest BCUT2D eigenvalue weighted by molar-refractivity contribution is -0.144. The predicted octanol–water partition coefficient (Wildman–Crippen LogP) is 2.81. The molecule has 0 fully saturated rings. The van der Waals surface area contributed by atoms with Gasteiger partial charge >= 0.3 is 5.97 Å². The molecule has 0 aliphatic heterocycles. The lowest BCUT2D eigenvalue weighted by Crippen LogP contribution is -2.38. The highest BCUT2D eigenvalue weighted by Crippen LogP contribution is 2.28. The molecule has 0 heterocycles. The van der Waals surface area contributed by atoms with Crippen LogP contribution in [0.5, 0.6) is 0 Å². The molecule has 1 rings (SSSR count). The number of aryl methyl sites for hydroxylation is 1. The lowest BCUT2D eigenvalue weighted by atomic mass is 9.80. The third kappa shape index (κ3) is 5.71. The molecule has 23 heavy (non-hydrogen) atoms. The van der Waals surface area contributed by atoms with Crippen molar-refractivity contribution in [2.75, 3.05) is 7.11 Å². The molecule has 0 aliphatic rings. The molecule has 0 saturated carbocycles. The summed E-state index contributed by atoms with van der Waals surface area (Å²) in [5.74, 6) is -2.72. The number of halogens is 2. The molecule has 128 valence electrons. The van der Waals surface area contributed by atoms with Crippen LogP contribution in [0.2, 0.25) is 0 Å². The first-order chi connectivity index (χ1) is 10.7. The van der Waals surface area contributed by atoms with Crippen molar-refractivity contribution < 1.29 is 28.2 Å². The summed E-state index contributed by atoms with van der Waals surface area (Å²) in [6.07, 6.45) is -0.342. The first-order valence-electron chi connectivity index (χ1n) is 7.42. The normalized spacial score (nSPS) is 13.7. The highest BCUT2D eigenvalue weighted by atomic mass is 19.1. The van der Waals surface area contributed by atoms with Gasteiger partial charge in [-0.25, -0.2) is 8.78 Å². The summed E-state index contributed by atoms with van der Waals surface area (Å²) in [6.45, 7) is 3.49. The second-order valence-corrected chi connectivity index (χ2v) is 5.96. The van der Waals surface area contributed by atoms with Gasteiger partial charge in [-0.3, -0.25) is 9.59 Å². The molecular weight excluding hydrogens is 306 g/mol. The third-order valence-corrected chi connectivity index (χ3v) is 3.99. The molecule has 0 aromatic heterocycles. The Hall–Kier alpha value is -1.82. The number of aliphatic hydroxyl groups is 1. The second kappa shape index (κ2) is 8.15. The maximum Gasteiger partial charge on any atom is 0.313 e. The molecule has 0 spiro atoms. The molecule has 1 aromatic carbocycles. The summed E-state index contributed by atoms with van der Waals surface area (Å²) >= 11 is 0. The van der Waals surface area contributed by atoms with Crippen LogP contribution < -0.4 is 0 Å². The van der Waals surface area contributed by atoms with Crippen molar-refractivity contribution in [2.24, 2.45) is 5.92 Å². The highest BCUT2D eigenvalue weighted by molar-refractivity contribution is 5.95. The SMILES string of the molecule is COC(=O)CC(=O)CC(O)(CCc1ccc(F)cc1F)C(C)C. The Morgan fingerprint density at radius 2 is 1.96 bits per heavy atom. The van der Waals surface area contributed by atoms with Crippen LogP contribution in [0.4, 0.5) is 8.78 Å². The van der Waals surface area contributed by atoms with Crippen LogP contribution in [0.25, 0.3) is 0 Å². The summed E-state index contributed by atoms with van der Waals surface area (Å²) in [5, 5.41) is 10.7. The fourth-order valence-corrected chi connectivity index (χ4v) is 2.29. The maximum atomic E-state index is 13.7. The van der Waals surface area contributed by atoms with Gasteiger partial charge in [-0.2, -0.15) is 0 Å². The molecule has 1 aromatic rings. The maximum absolute atomic E-state index is 13.7. The Morgan fingerprint density at radius 3 is 2.48 bits per heavy atom. The van der Waals surface area contributed by atoms with Crippen molar-refractivity contribution in [1.29, 1.82) is 0 Å². The number of carbonyl (C=O) groups is 2. The first-order valence-corrected chi connectivity index (χ1v) is 7.42. The molecule has 1 N–H and O–H groups in total. The summed E-state index contributed by atoms with van der Waals surface area (Å²) in [7, 11) is 1.18. The fraction of sp³-hybridized carbons (Fsp3) is 0.529. The number of ketones is 1. The van der Waals surface area contributed by atoms with Crippen LogP contribution in [0.3, 0.4) is 0 Å². The van der Waals surface area contributed by atoms with E-state index in [1.807, 2.05) is 0 Å². The Morgan fingerprint density at radius 1 is 1.30 bits per heavy atom. The van der Waals surface area contributed by atoms with E-state index in [1.54, 1.807) is 13.8 Å². The van der Waals surface area contributed by atoms with Crippen LogP contribution in [0, 0.1) is 17.6 Å². The average molecular weight is 328 g/mol. The van der Waals surface area contributed by atoms with Gasteiger partial charge in [-0.1, -0.05) is 19.9 Å². The van der Waals surface area contributed by atoms with E-state index in [0.717, 1.165) is 12.1 Å². The van der Waals surface area contributed by atoms with E-state index < -0.39 is 35.4 Å². The van der Waals surface area contributed by atoms with Crippen molar-refractivity contribution in [3.63, 3.8) is 0 Å². The summed E-state index contributed by atoms with van der Waals surface area (Å²) in [4.78, 5) is 23.0. The van der Waals surface area contributed by atoms with E-state index in [0.29, 0.717) is 0 Å². The van der Waals surface area contributed by atoms with Gasteiger partial charge < -0.3 is 9.84 Å². The number of hydrogen-bond donors (Lipinski definition) is 1. The molecule has 0 bridgehead atoms. The Kier molecular flexibility index (Phi) is 6.81. The molecule has 1 unspecified atom stereocenters. The molecule has 1 atom stereocenters. The van der Waals surface area contributed by atoms with Gasteiger partial charge in [0.2, 0.25) is 0 Å². The van der Waals surface area contributed by atoms with Crippen LogP contribution in [0.15, 0.2) is 18.2 Å². The van der Waals surface area contributed by atoms with E-state index >= 15 is 0 Å². The van der Waals surface area contributed by atoms with E-state index in [-0.39, 0.29) is 30.7 Å². The van der Waals surface area contributed by atoms with Crippen molar-refractivity contribution >= 4 is 11.8 Å². The molecule has 0 saturated heterocycles. The molecule has 0 amide bonds. The number of rotatable bonds is 8. The van der Waals surface area contributed by atoms with Gasteiger partial charge in [0.25, 0.3) is 0 Å². The van der Waals surface area contributed by atoms with Crippen LogP contribution in [-0.4, -0.2) is 29.6 Å². The van der Waals surface area contributed by atoms with E-state index in [2.05, 4.69) is 4.74 Å². The van der Waals surface area contributed by atoms with Crippen LogP contribution in [0.1, 0.15) is 38.7 Å². The smallest absolute Gasteiger partial charge is 0.313 e.